The SMILES string of the molecule is COc1cc(O)ccc1C(O)C(Cc1ccc(O)c(CC=C(C)C)c1)OC(=O)c1cc(OC)c(O)c(OC)c1. The third kappa shape index (κ3) is 7.14. The maximum absolute atomic E-state index is 13.3. The predicted molar refractivity (Wildman–Crippen MR) is 145 cm³/mol. The van der Waals surface area contributed by atoms with Crippen LogP contribution in [-0.4, -0.2) is 53.8 Å². The van der Waals surface area contributed by atoms with Crippen molar-refractivity contribution in [2.45, 2.75) is 38.9 Å². The molecule has 3 rings (SSSR count). The van der Waals surface area contributed by atoms with Crippen LogP contribution in [0.1, 0.15) is 47.0 Å². The van der Waals surface area contributed by atoms with Crippen molar-refractivity contribution in [1.29, 1.82) is 0 Å². The molecule has 0 heterocycles. The zero-order chi connectivity index (χ0) is 28.7. The third-order valence-corrected chi connectivity index (χ3v) is 6.17. The number of carbonyl (C=O) groups is 1. The van der Waals surface area contributed by atoms with Crippen molar-refractivity contribution in [3.8, 4) is 34.5 Å². The molecule has 0 amide bonds. The second-order valence-corrected chi connectivity index (χ2v) is 9.20. The Hall–Kier alpha value is -4.37. The fraction of sp³-hybridized carbons (Fsp3) is 0.300. The summed E-state index contributed by atoms with van der Waals surface area (Å²) in [5.74, 6) is -0.739. The lowest BCUT2D eigenvalue weighted by atomic mass is 9.95. The van der Waals surface area contributed by atoms with Gasteiger partial charge in [-0.3, -0.25) is 0 Å². The van der Waals surface area contributed by atoms with Crippen molar-refractivity contribution in [2.24, 2.45) is 0 Å². The number of aliphatic hydroxyl groups excluding tert-OH is 1. The van der Waals surface area contributed by atoms with Crippen molar-refractivity contribution in [3.63, 3.8) is 0 Å². The molecule has 2 atom stereocenters. The summed E-state index contributed by atoms with van der Waals surface area (Å²) in [7, 11) is 4.08. The van der Waals surface area contributed by atoms with Crippen LogP contribution >= 0.6 is 0 Å². The van der Waals surface area contributed by atoms with E-state index in [-0.39, 0.29) is 46.5 Å². The molecule has 0 spiro atoms. The van der Waals surface area contributed by atoms with Gasteiger partial charge in [0, 0.05) is 18.1 Å². The summed E-state index contributed by atoms with van der Waals surface area (Å²) < 4.78 is 21.4. The van der Waals surface area contributed by atoms with E-state index >= 15 is 0 Å². The molecule has 0 fully saturated rings. The predicted octanol–water partition coefficient (Wildman–Crippen LogP) is 4.84. The molecule has 39 heavy (non-hydrogen) atoms. The summed E-state index contributed by atoms with van der Waals surface area (Å²) in [6.07, 6.45) is 0.125. The molecular weight excluding hydrogens is 504 g/mol. The standard InChI is InChI=1S/C30H34O9/c1-17(2)6-8-19-12-18(7-11-23(19)32)13-27(28(33)22-10-9-21(31)16-24(22)36-3)39-30(35)20-14-25(37-4)29(34)26(15-20)38-5/h6-7,9-12,14-16,27-28,31-34H,8,13H2,1-5H3. The van der Waals surface area contributed by atoms with Crippen molar-refractivity contribution in [1.82, 2.24) is 0 Å². The molecule has 3 aromatic rings. The maximum atomic E-state index is 13.3. The Morgan fingerprint density at radius 3 is 2.10 bits per heavy atom. The van der Waals surface area contributed by atoms with Gasteiger partial charge in [0.2, 0.25) is 5.75 Å². The van der Waals surface area contributed by atoms with E-state index in [2.05, 4.69) is 0 Å². The molecule has 3 aromatic carbocycles. The smallest absolute Gasteiger partial charge is 0.338 e. The van der Waals surface area contributed by atoms with Crippen LogP contribution in [0.15, 0.2) is 60.2 Å². The Labute approximate surface area is 227 Å². The highest BCUT2D eigenvalue weighted by atomic mass is 16.6. The van der Waals surface area contributed by atoms with Gasteiger partial charge < -0.3 is 39.4 Å². The first kappa shape index (κ1) is 29.2. The Kier molecular flexibility index (Phi) is 9.68. The zero-order valence-corrected chi connectivity index (χ0v) is 22.6. The van der Waals surface area contributed by atoms with Crippen LogP contribution in [0, 0.1) is 0 Å². The molecule has 0 saturated carbocycles. The molecule has 4 N–H and O–H groups in total. The molecule has 0 saturated heterocycles. The summed E-state index contributed by atoms with van der Waals surface area (Å²) in [5.41, 5.74) is 2.83. The van der Waals surface area contributed by atoms with Gasteiger partial charge in [-0.1, -0.05) is 23.8 Å². The monoisotopic (exact) mass is 538 g/mol. The van der Waals surface area contributed by atoms with Gasteiger partial charge in [0.15, 0.2) is 11.5 Å². The van der Waals surface area contributed by atoms with Gasteiger partial charge in [-0.15, -0.1) is 0 Å². The molecule has 9 nitrogen and oxygen atoms in total. The number of rotatable bonds is 11. The van der Waals surface area contributed by atoms with Crippen LogP contribution in [0.5, 0.6) is 34.5 Å². The number of hydrogen-bond donors (Lipinski definition) is 4. The van der Waals surface area contributed by atoms with E-state index < -0.39 is 18.2 Å². The van der Waals surface area contributed by atoms with E-state index in [1.54, 1.807) is 18.2 Å². The quantitative estimate of drug-likeness (QED) is 0.200. The average molecular weight is 539 g/mol. The Morgan fingerprint density at radius 1 is 0.872 bits per heavy atom. The van der Waals surface area contributed by atoms with Crippen molar-refractivity contribution in [2.75, 3.05) is 21.3 Å². The van der Waals surface area contributed by atoms with Gasteiger partial charge >= 0.3 is 5.97 Å². The molecule has 9 heteroatoms. The Morgan fingerprint density at radius 2 is 1.51 bits per heavy atom. The summed E-state index contributed by atoms with van der Waals surface area (Å²) in [6.45, 7) is 3.93. The van der Waals surface area contributed by atoms with Crippen molar-refractivity contribution >= 4 is 5.97 Å². The van der Waals surface area contributed by atoms with Crippen LogP contribution in [0.4, 0.5) is 0 Å². The lowest BCUT2D eigenvalue weighted by molar-refractivity contribution is -0.0198. The summed E-state index contributed by atoms with van der Waals surface area (Å²) in [4.78, 5) is 13.3. The fourth-order valence-corrected chi connectivity index (χ4v) is 4.05. The number of ether oxygens (including phenoxy) is 4. The number of phenols is 3. The molecular formula is C30H34O9. The van der Waals surface area contributed by atoms with Gasteiger partial charge in [-0.2, -0.15) is 0 Å². The molecule has 0 aliphatic heterocycles. The highest BCUT2D eigenvalue weighted by molar-refractivity contribution is 5.91. The van der Waals surface area contributed by atoms with Crippen molar-refractivity contribution in [3.05, 3.63) is 82.4 Å². The molecule has 0 aliphatic carbocycles. The van der Waals surface area contributed by atoms with E-state index in [1.165, 1.54) is 51.7 Å². The van der Waals surface area contributed by atoms with Gasteiger partial charge in [0.1, 0.15) is 29.5 Å². The lowest BCUT2D eigenvalue weighted by Gasteiger charge is -2.25. The maximum Gasteiger partial charge on any atom is 0.338 e. The van der Waals surface area contributed by atoms with Gasteiger partial charge in [-0.25, -0.2) is 4.79 Å². The Bertz CT molecular complexity index is 1320. The normalized spacial score (nSPS) is 12.3. The highest BCUT2D eigenvalue weighted by Crippen LogP contribution is 2.38. The first-order valence-electron chi connectivity index (χ1n) is 12.2. The minimum atomic E-state index is -1.35. The number of aromatic hydroxyl groups is 3. The molecule has 208 valence electrons. The number of esters is 1. The second kappa shape index (κ2) is 12.9. The molecule has 0 radical (unpaired) electrons. The average Bonchev–Trinajstić information content (AvgIpc) is 2.92. The van der Waals surface area contributed by atoms with Gasteiger partial charge in [0.05, 0.1) is 26.9 Å². The number of carbonyl (C=O) groups excluding carboxylic acids is 1. The number of phenolic OH excluding ortho intramolecular Hbond substituents is 3. The number of allylic oxidation sites excluding steroid dienone is 2. The van der Waals surface area contributed by atoms with E-state index in [4.69, 9.17) is 18.9 Å². The number of methoxy groups -OCH3 is 3. The van der Waals surface area contributed by atoms with Gasteiger partial charge in [-0.05, 0) is 61.7 Å². The minimum Gasteiger partial charge on any atom is -0.508 e. The van der Waals surface area contributed by atoms with E-state index in [1.807, 2.05) is 19.9 Å². The van der Waals surface area contributed by atoms with Crippen LogP contribution in [0.25, 0.3) is 0 Å². The summed E-state index contributed by atoms with van der Waals surface area (Å²) in [5, 5.41) is 41.8. The second-order valence-electron chi connectivity index (χ2n) is 9.20. The largest absolute Gasteiger partial charge is 0.508 e. The number of aliphatic hydroxyl groups is 1. The Balaban J connectivity index is 2.01. The van der Waals surface area contributed by atoms with Crippen LogP contribution in [0.3, 0.4) is 0 Å². The first-order chi connectivity index (χ1) is 18.6. The number of hydrogen-bond acceptors (Lipinski definition) is 9. The van der Waals surface area contributed by atoms with Crippen LogP contribution < -0.4 is 14.2 Å². The number of benzene rings is 3. The highest BCUT2D eigenvalue weighted by Gasteiger charge is 2.29. The minimum absolute atomic E-state index is 0.0149. The third-order valence-electron chi connectivity index (χ3n) is 6.17. The molecule has 2 unspecified atom stereocenters. The summed E-state index contributed by atoms with van der Waals surface area (Å²) >= 11 is 0. The van der Waals surface area contributed by atoms with E-state index in [0.717, 1.165) is 5.57 Å². The van der Waals surface area contributed by atoms with Crippen molar-refractivity contribution < 1.29 is 44.2 Å². The van der Waals surface area contributed by atoms with Gasteiger partial charge in [0.25, 0.3) is 0 Å². The topological polar surface area (TPSA) is 135 Å². The van der Waals surface area contributed by atoms with E-state index in [9.17, 15) is 25.2 Å². The zero-order valence-electron chi connectivity index (χ0n) is 22.6. The first-order valence-corrected chi connectivity index (χ1v) is 12.2. The van der Waals surface area contributed by atoms with E-state index in [0.29, 0.717) is 23.1 Å². The fourth-order valence-electron chi connectivity index (χ4n) is 4.05. The molecule has 0 aliphatic rings. The van der Waals surface area contributed by atoms with Crippen LogP contribution in [0.2, 0.25) is 0 Å². The molecule has 0 bridgehead atoms. The lowest BCUT2D eigenvalue weighted by Crippen LogP contribution is -2.28. The van der Waals surface area contributed by atoms with Crippen LogP contribution in [-0.2, 0) is 17.6 Å². The molecule has 0 aromatic heterocycles. The summed E-state index contributed by atoms with van der Waals surface area (Å²) in [6, 6.07) is 11.9.